The van der Waals surface area contributed by atoms with Crippen molar-refractivity contribution in [2.45, 2.75) is 31.2 Å². The van der Waals surface area contributed by atoms with Gasteiger partial charge in [-0.3, -0.25) is 0 Å². The summed E-state index contributed by atoms with van der Waals surface area (Å²) in [5.41, 5.74) is 1.83. The molecule has 0 spiro atoms. The van der Waals surface area contributed by atoms with Crippen molar-refractivity contribution in [1.82, 2.24) is 9.62 Å². The fourth-order valence-electron chi connectivity index (χ4n) is 2.16. The zero-order valence-electron chi connectivity index (χ0n) is 13.3. The molecule has 1 aromatic carbocycles. The summed E-state index contributed by atoms with van der Waals surface area (Å²) in [6.45, 7) is 3.63. The first kappa shape index (κ1) is 18.1. The molecule has 21 heavy (non-hydrogen) atoms. The molecule has 0 heterocycles. The Balaban J connectivity index is 3.07. The molecule has 0 aliphatic rings. The second-order valence-corrected chi connectivity index (χ2v) is 7.01. The summed E-state index contributed by atoms with van der Waals surface area (Å²) in [6, 6.07) is 5.65. The third-order valence-corrected chi connectivity index (χ3v) is 5.34. The summed E-state index contributed by atoms with van der Waals surface area (Å²) in [6.07, 6.45) is 1.38. The SMILES string of the molecule is CCc1ccc(CNC)cc1S(=O)(=O)N(C)CCCOC. The highest BCUT2D eigenvalue weighted by atomic mass is 32.2. The molecule has 1 aromatic rings. The van der Waals surface area contributed by atoms with Gasteiger partial charge in [0.05, 0.1) is 4.90 Å². The number of methoxy groups -OCH3 is 1. The highest BCUT2D eigenvalue weighted by Crippen LogP contribution is 2.22. The van der Waals surface area contributed by atoms with Crippen molar-refractivity contribution in [1.29, 1.82) is 0 Å². The van der Waals surface area contributed by atoms with Gasteiger partial charge >= 0.3 is 0 Å². The molecule has 0 fully saturated rings. The van der Waals surface area contributed by atoms with Gasteiger partial charge in [-0.25, -0.2) is 12.7 Å². The van der Waals surface area contributed by atoms with Crippen LogP contribution >= 0.6 is 0 Å². The summed E-state index contributed by atoms with van der Waals surface area (Å²) in [7, 11) is 1.63. The topological polar surface area (TPSA) is 58.6 Å². The lowest BCUT2D eigenvalue weighted by molar-refractivity contribution is 0.189. The van der Waals surface area contributed by atoms with Crippen LogP contribution in [0.3, 0.4) is 0 Å². The van der Waals surface area contributed by atoms with E-state index in [1.807, 2.05) is 26.1 Å². The van der Waals surface area contributed by atoms with E-state index in [1.54, 1.807) is 20.2 Å². The van der Waals surface area contributed by atoms with Gasteiger partial charge in [-0.1, -0.05) is 19.1 Å². The molecule has 0 saturated heterocycles. The van der Waals surface area contributed by atoms with Crippen LogP contribution in [-0.2, 0) is 27.7 Å². The highest BCUT2D eigenvalue weighted by Gasteiger charge is 2.23. The molecule has 0 atom stereocenters. The number of hydrogen-bond donors (Lipinski definition) is 1. The number of nitrogens with zero attached hydrogens (tertiary/aromatic N) is 1. The Morgan fingerprint density at radius 2 is 2.05 bits per heavy atom. The minimum atomic E-state index is -3.45. The van der Waals surface area contributed by atoms with Crippen molar-refractivity contribution in [3.63, 3.8) is 0 Å². The monoisotopic (exact) mass is 314 g/mol. The molecule has 0 aliphatic heterocycles. The Morgan fingerprint density at radius 3 is 2.62 bits per heavy atom. The Labute approximate surface area is 128 Å². The smallest absolute Gasteiger partial charge is 0.243 e. The van der Waals surface area contributed by atoms with E-state index in [-0.39, 0.29) is 0 Å². The van der Waals surface area contributed by atoms with Crippen molar-refractivity contribution in [3.8, 4) is 0 Å². The maximum absolute atomic E-state index is 12.7. The van der Waals surface area contributed by atoms with E-state index in [9.17, 15) is 8.42 Å². The summed E-state index contributed by atoms with van der Waals surface area (Å²) in [4.78, 5) is 0.415. The largest absolute Gasteiger partial charge is 0.385 e. The van der Waals surface area contributed by atoms with Gasteiger partial charge in [-0.2, -0.15) is 0 Å². The van der Waals surface area contributed by atoms with E-state index in [0.717, 1.165) is 11.1 Å². The molecular weight excluding hydrogens is 288 g/mol. The molecule has 0 unspecified atom stereocenters. The van der Waals surface area contributed by atoms with Crippen LogP contribution in [0.4, 0.5) is 0 Å². The molecule has 1 rings (SSSR count). The van der Waals surface area contributed by atoms with Gasteiger partial charge in [-0.05, 0) is 37.1 Å². The van der Waals surface area contributed by atoms with Crippen molar-refractivity contribution in [3.05, 3.63) is 29.3 Å². The van der Waals surface area contributed by atoms with Gasteiger partial charge in [0.1, 0.15) is 0 Å². The van der Waals surface area contributed by atoms with Crippen LogP contribution in [0.5, 0.6) is 0 Å². The van der Waals surface area contributed by atoms with E-state index in [2.05, 4.69) is 5.32 Å². The van der Waals surface area contributed by atoms with E-state index >= 15 is 0 Å². The van der Waals surface area contributed by atoms with Gasteiger partial charge < -0.3 is 10.1 Å². The molecule has 120 valence electrons. The molecule has 5 nitrogen and oxygen atoms in total. The van der Waals surface area contributed by atoms with Crippen LogP contribution in [0.2, 0.25) is 0 Å². The maximum Gasteiger partial charge on any atom is 0.243 e. The number of ether oxygens (including phenoxy) is 1. The zero-order chi connectivity index (χ0) is 15.9. The number of rotatable bonds is 9. The average molecular weight is 314 g/mol. The predicted molar refractivity (Wildman–Crippen MR) is 84.9 cm³/mol. The van der Waals surface area contributed by atoms with Crippen molar-refractivity contribution >= 4 is 10.0 Å². The van der Waals surface area contributed by atoms with E-state index in [0.29, 0.717) is 37.4 Å². The summed E-state index contributed by atoms with van der Waals surface area (Å²) in [5, 5.41) is 3.05. The molecular formula is C15H26N2O3S. The number of sulfonamides is 1. The minimum Gasteiger partial charge on any atom is -0.385 e. The van der Waals surface area contributed by atoms with Gasteiger partial charge in [0.15, 0.2) is 0 Å². The summed E-state index contributed by atoms with van der Waals surface area (Å²) < 4.78 is 31.8. The molecule has 0 bridgehead atoms. The Kier molecular flexibility index (Phi) is 7.31. The van der Waals surface area contributed by atoms with Crippen molar-refractivity contribution in [2.24, 2.45) is 0 Å². The standard InChI is InChI=1S/C15H26N2O3S/c1-5-14-8-7-13(12-16-2)11-15(14)21(18,19)17(3)9-6-10-20-4/h7-8,11,16H,5-6,9-10,12H2,1-4H3. The number of nitrogens with one attached hydrogen (secondary N) is 1. The fraction of sp³-hybridized carbons (Fsp3) is 0.600. The fourth-order valence-corrected chi connectivity index (χ4v) is 3.71. The number of aryl methyl sites for hydroxylation is 1. The molecule has 1 N–H and O–H groups in total. The second-order valence-electron chi connectivity index (χ2n) is 5.00. The van der Waals surface area contributed by atoms with E-state index in [4.69, 9.17) is 4.74 Å². The number of hydrogen-bond acceptors (Lipinski definition) is 4. The van der Waals surface area contributed by atoms with Crippen LogP contribution < -0.4 is 5.32 Å². The second kappa shape index (κ2) is 8.48. The quantitative estimate of drug-likeness (QED) is 0.704. The highest BCUT2D eigenvalue weighted by molar-refractivity contribution is 7.89. The lowest BCUT2D eigenvalue weighted by Gasteiger charge is -2.19. The predicted octanol–water partition coefficient (Wildman–Crippen LogP) is 1.63. The first-order valence-electron chi connectivity index (χ1n) is 7.19. The van der Waals surface area contributed by atoms with Gasteiger partial charge in [0.25, 0.3) is 0 Å². The van der Waals surface area contributed by atoms with Gasteiger partial charge in [0, 0.05) is 33.9 Å². The third kappa shape index (κ3) is 4.78. The van der Waals surface area contributed by atoms with Crippen LogP contribution in [-0.4, -0.2) is 47.1 Å². The lowest BCUT2D eigenvalue weighted by atomic mass is 10.1. The van der Waals surface area contributed by atoms with Crippen LogP contribution in [0.1, 0.15) is 24.5 Å². The normalized spacial score (nSPS) is 12.0. The first-order chi connectivity index (χ1) is 9.97. The van der Waals surface area contributed by atoms with Crippen LogP contribution in [0, 0.1) is 0 Å². The van der Waals surface area contributed by atoms with Gasteiger partial charge in [0.2, 0.25) is 10.0 Å². The lowest BCUT2D eigenvalue weighted by Crippen LogP contribution is -2.29. The molecule has 6 heteroatoms. The first-order valence-corrected chi connectivity index (χ1v) is 8.63. The number of benzene rings is 1. The van der Waals surface area contributed by atoms with E-state index in [1.165, 1.54) is 4.31 Å². The summed E-state index contributed by atoms with van der Waals surface area (Å²) in [5.74, 6) is 0. The average Bonchev–Trinajstić information content (AvgIpc) is 2.47. The van der Waals surface area contributed by atoms with Crippen LogP contribution in [0.15, 0.2) is 23.1 Å². The Morgan fingerprint density at radius 1 is 1.33 bits per heavy atom. The maximum atomic E-state index is 12.7. The van der Waals surface area contributed by atoms with Crippen molar-refractivity contribution < 1.29 is 13.2 Å². The van der Waals surface area contributed by atoms with Crippen molar-refractivity contribution in [2.75, 3.05) is 34.4 Å². The molecule has 0 saturated carbocycles. The van der Waals surface area contributed by atoms with Gasteiger partial charge in [-0.15, -0.1) is 0 Å². The minimum absolute atomic E-state index is 0.415. The molecule has 0 aromatic heterocycles. The van der Waals surface area contributed by atoms with E-state index < -0.39 is 10.0 Å². The Hall–Kier alpha value is -0.950. The third-order valence-electron chi connectivity index (χ3n) is 3.40. The summed E-state index contributed by atoms with van der Waals surface area (Å²) >= 11 is 0. The van der Waals surface area contributed by atoms with Crippen LogP contribution in [0.25, 0.3) is 0 Å². The molecule has 0 amide bonds. The zero-order valence-corrected chi connectivity index (χ0v) is 14.2. The molecule has 0 radical (unpaired) electrons. The molecule has 0 aliphatic carbocycles. The Bertz CT molecular complexity index is 544.